The van der Waals surface area contributed by atoms with Gasteiger partial charge in [-0.25, -0.2) is 8.78 Å². The summed E-state index contributed by atoms with van der Waals surface area (Å²) in [7, 11) is 0. The van der Waals surface area contributed by atoms with Crippen LogP contribution in [0.3, 0.4) is 0 Å². The first-order valence-corrected chi connectivity index (χ1v) is 9.86. The smallest absolute Gasteiger partial charge is 0.233 e. The fourth-order valence-electron chi connectivity index (χ4n) is 2.69. The molecule has 0 aliphatic carbocycles. The molecule has 8 heteroatoms. The predicted octanol–water partition coefficient (Wildman–Crippen LogP) is 4.21. The molecule has 0 saturated carbocycles. The Balaban J connectivity index is 1.73. The van der Waals surface area contributed by atoms with Gasteiger partial charge >= 0.3 is 0 Å². The minimum absolute atomic E-state index is 0.0935. The number of nitrogens with one attached hydrogen (secondary N) is 1. The normalized spacial score (nSPS) is 11.8. The molecule has 1 atom stereocenters. The van der Waals surface area contributed by atoms with E-state index in [1.807, 2.05) is 0 Å². The quantitative estimate of drug-likeness (QED) is 0.443. The molecule has 1 heterocycles. The van der Waals surface area contributed by atoms with Crippen LogP contribution in [-0.2, 0) is 17.9 Å². The van der Waals surface area contributed by atoms with Gasteiger partial charge in [0.1, 0.15) is 11.6 Å². The van der Waals surface area contributed by atoms with E-state index in [-0.39, 0.29) is 18.3 Å². The summed E-state index contributed by atoms with van der Waals surface area (Å²) in [6.07, 6.45) is 1.65. The number of hydrogen-bond acceptors (Lipinski definition) is 4. The second kappa shape index (κ2) is 9.47. The highest BCUT2D eigenvalue weighted by Gasteiger charge is 2.21. The van der Waals surface area contributed by atoms with Gasteiger partial charge in [-0.1, -0.05) is 48.2 Å². The summed E-state index contributed by atoms with van der Waals surface area (Å²) in [5, 5.41) is 10.9. The SMILES string of the molecule is C=CCn1c(SC(C)C(=O)NCc2ccccc2F)nnc1-c1ccccc1F. The minimum Gasteiger partial charge on any atom is -0.351 e. The molecule has 3 aromatic rings. The van der Waals surface area contributed by atoms with E-state index in [0.29, 0.717) is 28.7 Å². The van der Waals surface area contributed by atoms with E-state index in [0.717, 1.165) is 0 Å². The van der Waals surface area contributed by atoms with E-state index < -0.39 is 11.1 Å². The molecule has 0 bridgehead atoms. The van der Waals surface area contributed by atoms with Crippen molar-refractivity contribution >= 4 is 17.7 Å². The average Bonchev–Trinajstić information content (AvgIpc) is 3.10. The topological polar surface area (TPSA) is 59.8 Å². The first-order valence-electron chi connectivity index (χ1n) is 8.98. The lowest BCUT2D eigenvalue weighted by atomic mass is 10.2. The van der Waals surface area contributed by atoms with E-state index in [2.05, 4.69) is 22.1 Å². The molecular weight excluding hydrogens is 394 g/mol. The van der Waals surface area contributed by atoms with Crippen molar-refractivity contribution in [1.29, 1.82) is 0 Å². The zero-order valence-corrected chi connectivity index (χ0v) is 16.6. The Hall–Kier alpha value is -3.00. The Bertz CT molecular complexity index is 1020. The molecule has 150 valence electrons. The molecule has 1 unspecified atom stereocenters. The van der Waals surface area contributed by atoms with Gasteiger partial charge in [0, 0.05) is 18.7 Å². The second-order valence-electron chi connectivity index (χ2n) is 6.25. The van der Waals surface area contributed by atoms with E-state index >= 15 is 0 Å². The second-order valence-corrected chi connectivity index (χ2v) is 7.56. The van der Waals surface area contributed by atoms with Gasteiger partial charge in [-0.05, 0) is 25.1 Å². The van der Waals surface area contributed by atoms with E-state index in [4.69, 9.17) is 0 Å². The molecule has 0 fully saturated rings. The summed E-state index contributed by atoms with van der Waals surface area (Å²) in [5.74, 6) is -0.672. The summed E-state index contributed by atoms with van der Waals surface area (Å²) in [4.78, 5) is 12.4. The number of hydrogen-bond donors (Lipinski definition) is 1. The lowest BCUT2D eigenvalue weighted by Crippen LogP contribution is -2.31. The first-order chi connectivity index (χ1) is 14.0. The molecule has 1 aromatic heterocycles. The van der Waals surface area contributed by atoms with E-state index in [9.17, 15) is 13.6 Å². The number of aromatic nitrogens is 3. The highest BCUT2D eigenvalue weighted by molar-refractivity contribution is 8.00. The zero-order chi connectivity index (χ0) is 20.8. The maximum Gasteiger partial charge on any atom is 0.233 e. The Labute approximate surface area is 171 Å². The van der Waals surface area contributed by atoms with Crippen LogP contribution in [0.15, 0.2) is 66.3 Å². The van der Waals surface area contributed by atoms with Crippen molar-refractivity contribution in [2.75, 3.05) is 0 Å². The molecule has 0 radical (unpaired) electrons. The monoisotopic (exact) mass is 414 g/mol. The summed E-state index contributed by atoms with van der Waals surface area (Å²) in [5.41, 5.74) is 0.736. The molecular formula is C21H20F2N4OS. The van der Waals surface area contributed by atoms with E-state index in [1.54, 1.807) is 54.0 Å². The van der Waals surface area contributed by atoms with Gasteiger partial charge in [-0.3, -0.25) is 9.36 Å². The number of amides is 1. The number of halogens is 2. The lowest BCUT2D eigenvalue weighted by Gasteiger charge is -2.13. The molecule has 3 rings (SSSR count). The molecule has 0 aliphatic heterocycles. The highest BCUT2D eigenvalue weighted by Crippen LogP contribution is 2.28. The molecule has 0 saturated heterocycles. The molecule has 0 spiro atoms. The third kappa shape index (κ3) is 4.89. The number of allylic oxidation sites excluding steroid dienone is 1. The summed E-state index contributed by atoms with van der Waals surface area (Å²) in [6.45, 7) is 5.90. The van der Waals surface area contributed by atoms with Crippen LogP contribution < -0.4 is 5.32 Å². The molecule has 0 aliphatic rings. The van der Waals surface area contributed by atoms with Crippen LogP contribution in [0.1, 0.15) is 12.5 Å². The molecule has 1 amide bonds. The fraction of sp³-hybridized carbons (Fsp3) is 0.190. The van der Waals surface area contributed by atoms with Crippen LogP contribution in [0.2, 0.25) is 0 Å². The maximum atomic E-state index is 14.2. The van der Waals surface area contributed by atoms with Gasteiger partial charge in [0.05, 0.1) is 10.8 Å². The molecule has 29 heavy (non-hydrogen) atoms. The number of benzene rings is 2. The van der Waals surface area contributed by atoms with Crippen LogP contribution in [0, 0.1) is 11.6 Å². The fourth-order valence-corrected chi connectivity index (χ4v) is 3.57. The van der Waals surface area contributed by atoms with E-state index in [1.165, 1.54) is 23.9 Å². The predicted molar refractivity (Wildman–Crippen MR) is 109 cm³/mol. The van der Waals surface area contributed by atoms with Crippen molar-refractivity contribution < 1.29 is 13.6 Å². The molecule has 1 N–H and O–H groups in total. The third-order valence-electron chi connectivity index (χ3n) is 4.21. The van der Waals surface area contributed by atoms with Crippen molar-refractivity contribution in [2.24, 2.45) is 0 Å². The van der Waals surface area contributed by atoms with Gasteiger partial charge in [-0.15, -0.1) is 16.8 Å². The largest absolute Gasteiger partial charge is 0.351 e. The zero-order valence-electron chi connectivity index (χ0n) is 15.8. The van der Waals surface area contributed by atoms with Crippen LogP contribution >= 0.6 is 11.8 Å². The van der Waals surface area contributed by atoms with Gasteiger partial charge in [0.2, 0.25) is 5.91 Å². The van der Waals surface area contributed by atoms with Crippen molar-refractivity contribution in [3.63, 3.8) is 0 Å². The molecule has 2 aromatic carbocycles. The summed E-state index contributed by atoms with van der Waals surface area (Å²) < 4.78 is 29.6. The third-order valence-corrected chi connectivity index (χ3v) is 5.29. The Kier molecular flexibility index (Phi) is 6.77. The van der Waals surface area contributed by atoms with Crippen molar-refractivity contribution in [3.05, 3.63) is 78.4 Å². The van der Waals surface area contributed by atoms with Gasteiger partial charge in [-0.2, -0.15) is 0 Å². The summed E-state index contributed by atoms with van der Waals surface area (Å²) >= 11 is 1.19. The number of carbonyl (C=O) groups is 1. The average molecular weight is 414 g/mol. The number of rotatable bonds is 8. The molecule has 5 nitrogen and oxygen atoms in total. The van der Waals surface area contributed by atoms with Crippen LogP contribution in [-0.4, -0.2) is 25.9 Å². The van der Waals surface area contributed by atoms with Crippen molar-refractivity contribution in [1.82, 2.24) is 20.1 Å². The Morgan fingerprint density at radius 1 is 1.17 bits per heavy atom. The van der Waals surface area contributed by atoms with Gasteiger partial charge in [0.15, 0.2) is 11.0 Å². The first kappa shape index (κ1) is 20.7. The lowest BCUT2D eigenvalue weighted by molar-refractivity contribution is -0.120. The Morgan fingerprint density at radius 3 is 2.55 bits per heavy atom. The summed E-state index contributed by atoms with van der Waals surface area (Å²) in [6, 6.07) is 12.6. The van der Waals surface area contributed by atoms with Crippen molar-refractivity contribution in [2.45, 2.75) is 30.4 Å². The standard InChI is InChI=1S/C21H20F2N4OS/c1-3-12-27-19(16-9-5-7-11-18(16)23)25-26-21(27)29-14(2)20(28)24-13-15-8-4-6-10-17(15)22/h3-11,14H,1,12-13H2,2H3,(H,24,28). The Morgan fingerprint density at radius 2 is 1.86 bits per heavy atom. The number of nitrogens with zero attached hydrogens (tertiary/aromatic N) is 3. The van der Waals surface area contributed by atoms with Gasteiger partial charge in [0.25, 0.3) is 0 Å². The van der Waals surface area contributed by atoms with Crippen LogP contribution in [0.4, 0.5) is 8.78 Å². The van der Waals surface area contributed by atoms with Crippen LogP contribution in [0.25, 0.3) is 11.4 Å². The van der Waals surface area contributed by atoms with Gasteiger partial charge < -0.3 is 5.32 Å². The van der Waals surface area contributed by atoms with Crippen LogP contribution in [0.5, 0.6) is 0 Å². The number of thioether (sulfide) groups is 1. The highest BCUT2D eigenvalue weighted by atomic mass is 32.2. The minimum atomic E-state index is -0.511. The number of carbonyl (C=O) groups excluding carboxylic acids is 1. The maximum absolute atomic E-state index is 14.2. The van der Waals surface area contributed by atoms with Crippen molar-refractivity contribution in [3.8, 4) is 11.4 Å².